The molecular formula is C23H37N3O5. The van der Waals surface area contributed by atoms with Crippen molar-refractivity contribution in [2.24, 2.45) is 5.92 Å². The minimum Gasteiger partial charge on any atom is -0.444 e. The van der Waals surface area contributed by atoms with E-state index in [0.29, 0.717) is 13.0 Å². The molecule has 0 heterocycles. The van der Waals surface area contributed by atoms with E-state index < -0.39 is 41.7 Å². The van der Waals surface area contributed by atoms with Crippen LogP contribution in [0.1, 0.15) is 53.5 Å². The molecule has 8 heteroatoms. The highest BCUT2D eigenvalue weighted by Gasteiger charge is 2.31. The zero-order chi connectivity index (χ0) is 23.6. The van der Waals surface area contributed by atoms with E-state index in [4.69, 9.17) is 4.74 Å². The number of hydrogen-bond donors (Lipinski definition) is 4. The Morgan fingerprint density at radius 1 is 1.03 bits per heavy atom. The van der Waals surface area contributed by atoms with Crippen molar-refractivity contribution in [3.8, 4) is 0 Å². The summed E-state index contributed by atoms with van der Waals surface area (Å²) in [5.74, 6) is -0.931. The van der Waals surface area contributed by atoms with Crippen LogP contribution in [0.4, 0.5) is 4.79 Å². The molecule has 0 saturated carbocycles. The van der Waals surface area contributed by atoms with E-state index in [2.05, 4.69) is 16.0 Å². The van der Waals surface area contributed by atoms with E-state index in [0.717, 1.165) is 5.56 Å². The van der Waals surface area contributed by atoms with Crippen molar-refractivity contribution in [2.75, 3.05) is 6.54 Å². The van der Waals surface area contributed by atoms with Gasteiger partial charge in [0.1, 0.15) is 11.6 Å². The largest absolute Gasteiger partial charge is 0.444 e. The highest BCUT2D eigenvalue weighted by molar-refractivity contribution is 5.87. The second-order valence-corrected chi connectivity index (χ2v) is 8.97. The number of nitrogens with one attached hydrogen (secondary N) is 3. The van der Waals surface area contributed by atoms with E-state index in [-0.39, 0.29) is 12.3 Å². The molecular weight excluding hydrogens is 398 g/mol. The van der Waals surface area contributed by atoms with E-state index >= 15 is 0 Å². The van der Waals surface area contributed by atoms with Crippen molar-refractivity contribution in [1.82, 2.24) is 16.0 Å². The third-order valence-corrected chi connectivity index (χ3v) is 4.34. The van der Waals surface area contributed by atoms with E-state index in [1.54, 1.807) is 27.7 Å². The summed E-state index contributed by atoms with van der Waals surface area (Å²) in [4.78, 5) is 37.5. The molecule has 0 fully saturated rings. The second-order valence-electron chi connectivity index (χ2n) is 8.97. The molecule has 2 unspecified atom stereocenters. The van der Waals surface area contributed by atoms with Gasteiger partial charge in [0, 0.05) is 6.54 Å². The number of aliphatic hydroxyl groups is 1. The lowest BCUT2D eigenvalue weighted by Crippen LogP contribution is -2.56. The highest BCUT2D eigenvalue weighted by atomic mass is 16.6. The van der Waals surface area contributed by atoms with Crippen LogP contribution in [0, 0.1) is 5.92 Å². The topological polar surface area (TPSA) is 117 Å². The molecule has 4 N–H and O–H groups in total. The first-order valence-corrected chi connectivity index (χ1v) is 10.7. The Bertz CT molecular complexity index is 716. The van der Waals surface area contributed by atoms with Crippen LogP contribution in [-0.4, -0.2) is 53.3 Å². The standard InChI is InChI=1S/C23H37N3O5/c1-7-24-21(29)19(27)17(14-16-11-9-8-10-12-16)25-20(28)18(13-15(2)3)26-22(30)31-23(4,5)6/h8-12,15,17-19,27H,7,13-14H2,1-6H3,(H,24,29)(H,25,28)(H,26,30)/t17?,18-,19?/m0/s1. The SMILES string of the molecule is CCNC(=O)C(O)C(Cc1ccccc1)NC(=O)[C@H](CC(C)C)NC(=O)OC(C)(C)C. The van der Waals surface area contributed by atoms with Gasteiger partial charge in [-0.15, -0.1) is 0 Å². The fourth-order valence-electron chi connectivity index (χ4n) is 3.01. The number of carbonyl (C=O) groups is 3. The van der Waals surface area contributed by atoms with Crippen LogP contribution in [0.5, 0.6) is 0 Å². The average Bonchev–Trinajstić information content (AvgIpc) is 2.65. The number of aliphatic hydroxyl groups excluding tert-OH is 1. The molecule has 8 nitrogen and oxygen atoms in total. The fourth-order valence-corrected chi connectivity index (χ4v) is 3.01. The monoisotopic (exact) mass is 435 g/mol. The van der Waals surface area contributed by atoms with Crippen molar-refractivity contribution in [3.63, 3.8) is 0 Å². The number of alkyl carbamates (subject to hydrolysis) is 1. The fraction of sp³-hybridized carbons (Fsp3) is 0.609. The molecule has 0 saturated heterocycles. The number of likely N-dealkylation sites (N-methyl/N-ethyl adjacent to an activating group) is 1. The Morgan fingerprint density at radius 3 is 2.16 bits per heavy atom. The lowest BCUT2D eigenvalue weighted by atomic mass is 9.98. The molecule has 0 aliphatic heterocycles. The minimum absolute atomic E-state index is 0.117. The Balaban J connectivity index is 3.01. The Kier molecular flexibility index (Phi) is 10.5. The summed E-state index contributed by atoms with van der Waals surface area (Å²) in [6.07, 6.45) is -1.51. The number of ether oxygens (including phenoxy) is 1. The van der Waals surface area contributed by atoms with Gasteiger partial charge in [-0.1, -0.05) is 44.2 Å². The molecule has 0 spiro atoms. The molecule has 1 aromatic carbocycles. The summed E-state index contributed by atoms with van der Waals surface area (Å²) in [7, 11) is 0. The molecule has 31 heavy (non-hydrogen) atoms. The quantitative estimate of drug-likeness (QED) is 0.449. The molecule has 0 aliphatic carbocycles. The molecule has 1 rings (SSSR count). The van der Waals surface area contributed by atoms with Gasteiger partial charge in [0.25, 0.3) is 5.91 Å². The van der Waals surface area contributed by atoms with Gasteiger partial charge >= 0.3 is 6.09 Å². The molecule has 0 radical (unpaired) electrons. The maximum atomic E-state index is 13.0. The van der Waals surface area contributed by atoms with Crippen LogP contribution in [0.25, 0.3) is 0 Å². The van der Waals surface area contributed by atoms with E-state index in [9.17, 15) is 19.5 Å². The van der Waals surface area contributed by atoms with Crippen LogP contribution in [0.3, 0.4) is 0 Å². The van der Waals surface area contributed by atoms with E-state index in [1.807, 2.05) is 44.2 Å². The van der Waals surface area contributed by atoms with Gasteiger partial charge in [0.05, 0.1) is 6.04 Å². The predicted octanol–water partition coefficient (Wildman–Crippen LogP) is 2.15. The summed E-state index contributed by atoms with van der Waals surface area (Å²) < 4.78 is 5.27. The lowest BCUT2D eigenvalue weighted by Gasteiger charge is -2.28. The minimum atomic E-state index is -1.44. The van der Waals surface area contributed by atoms with Crippen LogP contribution < -0.4 is 16.0 Å². The molecule has 174 valence electrons. The summed E-state index contributed by atoms with van der Waals surface area (Å²) in [6, 6.07) is 7.53. The van der Waals surface area contributed by atoms with Crippen molar-refractivity contribution in [2.45, 2.75) is 78.2 Å². The van der Waals surface area contributed by atoms with Crippen LogP contribution in [0.2, 0.25) is 0 Å². The van der Waals surface area contributed by atoms with Gasteiger partial charge in [-0.25, -0.2) is 4.79 Å². The van der Waals surface area contributed by atoms with Gasteiger partial charge in [-0.3, -0.25) is 9.59 Å². The van der Waals surface area contributed by atoms with E-state index in [1.165, 1.54) is 0 Å². The van der Waals surface area contributed by atoms with Crippen molar-refractivity contribution >= 4 is 17.9 Å². The maximum Gasteiger partial charge on any atom is 0.408 e. The summed E-state index contributed by atoms with van der Waals surface area (Å²) in [6.45, 7) is 11.2. The predicted molar refractivity (Wildman–Crippen MR) is 119 cm³/mol. The normalized spacial score (nSPS) is 14.3. The van der Waals surface area contributed by atoms with Gasteiger partial charge in [0.15, 0.2) is 6.10 Å². The molecule has 1 aromatic rings. The number of benzene rings is 1. The summed E-state index contributed by atoms with van der Waals surface area (Å²) in [5.41, 5.74) is 0.157. The number of carbonyl (C=O) groups excluding carboxylic acids is 3. The first-order valence-electron chi connectivity index (χ1n) is 10.7. The Hall–Kier alpha value is -2.61. The van der Waals surface area contributed by atoms with Crippen molar-refractivity contribution in [1.29, 1.82) is 0 Å². The third kappa shape index (κ3) is 10.3. The molecule has 0 bridgehead atoms. The smallest absolute Gasteiger partial charge is 0.408 e. The highest BCUT2D eigenvalue weighted by Crippen LogP contribution is 2.12. The summed E-state index contributed by atoms with van der Waals surface area (Å²) in [5, 5.41) is 18.5. The molecule has 0 aliphatic rings. The number of rotatable bonds is 10. The lowest BCUT2D eigenvalue weighted by molar-refractivity contribution is -0.132. The van der Waals surface area contributed by atoms with Crippen LogP contribution in [-0.2, 0) is 20.7 Å². The van der Waals surface area contributed by atoms with Gasteiger partial charge in [-0.2, -0.15) is 0 Å². The number of hydrogen-bond acceptors (Lipinski definition) is 5. The van der Waals surface area contributed by atoms with Crippen molar-refractivity contribution in [3.05, 3.63) is 35.9 Å². The first kappa shape index (κ1) is 26.4. The first-order chi connectivity index (χ1) is 14.4. The zero-order valence-electron chi connectivity index (χ0n) is 19.4. The van der Waals surface area contributed by atoms with Crippen LogP contribution in [0.15, 0.2) is 30.3 Å². The average molecular weight is 436 g/mol. The Labute approximate surface area is 185 Å². The third-order valence-electron chi connectivity index (χ3n) is 4.34. The van der Waals surface area contributed by atoms with Crippen molar-refractivity contribution < 1.29 is 24.2 Å². The zero-order valence-corrected chi connectivity index (χ0v) is 19.4. The summed E-state index contributed by atoms with van der Waals surface area (Å²) >= 11 is 0. The molecule has 0 aromatic heterocycles. The van der Waals surface area contributed by atoms with Gasteiger partial charge in [0.2, 0.25) is 5.91 Å². The van der Waals surface area contributed by atoms with Gasteiger partial charge in [-0.05, 0) is 52.0 Å². The molecule has 3 atom stereocenters. The van der Waals surface area contributed by atoms with Gasteiger partial charge < -0.3 is 25.8 Å². The van der Waals surface area contributed by atoms with Crippen LogP contribution >= 0.6 is 0 Å². The Morgan fingerprint density at radius 2 is 1.65 bits per heavy atom. The second kappa shape index (κ2) is 12.3. The number of amides is 3. The molecule has 3 amide bonds. The maximum absolute atomic E-state index is 13.0.